The van der Waals surface area contributed by atoms with Gasteiger partial charge in [-0.2, -0.15) is 4.37 Å². The van der Waals surface area contributed by atoms with Crippen molar-refractivity contribution in [3.8, 4) is 0 Å². The zero-order valence-corrected chi connectivity index (χ0v) is 18.5. The van der Waals surface area contributed by atoms with E-state index in [0.717, 1.165) is 10.7 Å². The van der Waals surface area contributed by atoms with E-state index in [0.29, 0.717) is 43.0 Å². The molecule has 0 saturated carbocycles. The molecule has 2 aromatic carbocycles. The van der Waals surface area contributed by atoms with Gasteiger partial charge in [-0.05, 0) is 37.6 Å². The smallest absolute Gasteiger partial charge is 0.273 e. The summed E-state index contributed by atoms with van der Waals surface area (Å²) in [6, 6.07) is 10.8. The zero-order valence-electron chi connectivity index (χ0n) is 17.7. The van der Waals surface area contributed by atoms with E-state index >= 15 is 0 Å². The van der Waals surface area contributed by atoms with Crippen LogP contribution in [0.3, 0.4) is 0 Å². The number of piperazine rings is 1. The molecule has 32 heavy (non-hydrogen) atoms. The van der Waals surface area contributed by atoms with Crippen LogP contribution in [0.5, 0.6) is 0 Å². The second kappa shape index (κ2) is 8.99. The van der Waals surface area contributed by atoms with Gasteiger partial charge in [0.2, 0.25) is 5.13 Å². The minimum Gasteiger partial charge on any atom is -0.343 e. The summed E-state index contributed by atoms with van der Waals surface area (Å²) in [4.78, 5) is 32.2. The fourth-order valence-corrected chi connectivity index (χ4v) is 4.49. The van der Waals surface area contributed by atoms with E-state index < -0.39 is 4.92 Å². The fourth-order valence-electron chi connectivity index (χ4n) is 3.77. The summed E-state index contributed by atoms with van der Waals surface area (Å²) in [7, 11) is 0. The molecule has 1 aliphatic heterocycles. The van der Waals surface area contributed by atoms with Gasteiger partial charge in [0.05, 0.1) is 4.92 Å². The van der Waals surface area contributed by atoms with Gasteiger partial charge in [-0.3, -0.25) is 14.9 Å². The van der Waals surface area contributed by atoms with Crippen molar-refractivity contribution in [3.63, 3.8) is 0 Å². The molecule has 1 atom stereocenters. The van der Waals surface area contributed by atoms with E-state index in [-0.39, 0.29) is 23.5 Å². The number of nitrogens with zero attached hydrogens (tertiary/aromatic N) is 5. The summed E-state index contributed by atoms with van der Waals surface area (Å²) in [5.41, 5.74) is 1.73. The van der Waals surface area contributed by atoms with Crippen LogP contribution in [0, 0.1) is 22.9 Å². The number of hydrogen-bond donors (Lipinski definition) is 0. The van der Waals surface area contributed by atoms with Gasteiger partial charge < -0.3 is 9.80 Å². The van der Waals surface area contributed by atoms with Crippen molar-refractivity contribution in [1.82, 2.24) is 14.3 Å². The van der Waals surface area contributed by atoms with Gasteiger partial charge in [-0.25, -0.2) is 9.37 Å². The molecule has 1 unspecified atom stereocenters. The Morgan fingerprint density at radius 1 is 1.25 bits per heavy atom. The van der Waals surface area contributed by atoms with Gasteiger partial charge in [0.1, 0.15) is 11.6 Å². The highest BCUT2D eigenvalue weighted by Gasteiger charge is 2.30. The van der Waals surface area contributed by atoms with Crippen LogP contribution >= 0.6 is 11.5 Å². The fraction of sp³-hybridized carbons (Fsp3) is 0.318. The third kappa shape index (κ3) is 4.59. The number of aromatic nitrogens is 2. The molecule has 0 spiro atoms. The molecule has 4 rings (SSSR count). The molecule has 1 amide bonds. The van der Waals surface area contributed by atoms with E-state index in [1.165, 1.54) is 29.7 Å². The molecule has 0 N–H and O–H groups in total. The number of aryl methyl sites for hydroxylation is 1. The summed E-state index contributed by atoms with van der Waals surface area (Å²) >= 11 is 1.31. The standard InChI is InChI=1S/C22H22FN5O3S/c1-14-3-6-17(12-19(14)28(30)31)21(29)27-10-9-26(13-15(27)2)22-24-20(25-32-22)11-16-4-7-18(23)8-5-16/h3-8,12,15H,9-11,13H2,1-2H3. The lowest BCUT2D eigenvalue weighted by Crippen LogP contribution is -2.54. The Hall–Kier alpha value is -3.40. The second-order valence-corrected chi connectivity index (χ2v) is 8.58. The SMILES string of the molecule is Cc1ccc(C(=O)N2CCN(c3nc(Cc4ccc(F)cc4)ns3)CC2C)cc1[N+](=O)[O-]. The molecule has 1 aromatic heterocycles. The Labute approximate surface area is 188 Å². The molecule has 0 bridgehead atoms. The van der Waals surface area contributed by atoms with Crippen molar-refractivity contribution in [1.29, 1.82) is 0 Å². The topological polar surface area (TPSA) is 92.5 Å². The molecule has 0 radical (unpaired) electrons. The molecule has 1 saturated heterocycles. The number of rotatable bonds is 5. The molecule has 3 aromatic rings. The van der Waals surface area contributed by atoms with Crippen LogP contribution in [0.15, 0.2) is 42.5 Å². The van der Waals surface area contributed by atoms with Crippen molar-refractivity contribution >= 4 is 28.3 Å². The lowest BCUT2D eigenvalue weighted by atomic mass is 10.1. The minimum atomic E-state index is -0.466. The van der Waals surface area contributed by atoms with Gasteiger partial charge in [-0.15, -0.1) is 0 Å². The van der Waals surface area contributed by atoms with Crippen LogP contribution in [0.2, 0.25) is 0 Å². The quantitative estimate of drug-likeness (QED) is 0.429. The van der Waals surface area contributed by atoms with Crippen LogP contribution in [0.1, 0.15) is 34.2 Å². The Kier molecular flexibility index (Phi) is 6.13. The second-order valence-electron chi connectivity index (χ2n) is 7.85. The van der Waals surface area contributed by atoms with Crippen molar-refractivity contribution < 1.29 is 14.1 Å². The number of benzene rings is 2. The highest BCUT2D eigenvalue weighted by molar-refractivity contribution is 7.09. The van der Waals surface area contributed by atoms with E-state index in [9.17, 15) is 19.3 Å². The maximum absolute atomic E-state index is 13.1. The highest BCUT2D eigenvalue weighted by Crippen LogP contribution is 2.25. The lowest BCUT2D eigenvalue weighted by molar-refractivity contribution is -0.385. The zero-order chi connectivity index (χ0) is 22.8. The van der Waals surface area contributed by atoms with Gasteiger partial charge in [0, 0.05) is 60.8 Å². The number of carbonyl (C=O) groups is 1. The van der Waals surface area contributed by atoms with Gasteiger partial charge in [0.25, 0.3) is 11.6 Å². The average molecular weight is 456 g/mol. The summed E-state index contributed by atoms with van der Waals surface area (Å²) < 4.78 is 17.5. The maximum Gasteiger partial charge on any atom is 0.273 e. The van der Waals surface area contributed by atoms with E-state index in [1.807, 2.05) is 6.92 Å². The molecular formula is C22H22FN5O3S. The molecule has 0 aliphatic carbocycles. The number of carbonyl (C=O) groups excluding carboxylic acids is 1. The van der Waals surface area contributed by atoms with E-state index in [2.05, 4.69) is 14.3 Å². The first-order valence-corrected chi connectivity index (χ1v) is 11.0. The molecular weight excluding hydrogens is 433 g/mol. The lowest BCUT2D eigenvalue weighted by Gasteiger charge is -2.39. The predicted octanol–water partition coefficient (Wildman–Crippen LogP) is 3.84. The third-order valence-corrected chi connectivity index (χ3v) is 6.36. The van der Waals surface area contributed by atoms with Crippen molar-refractivity contribution in [2.24, 2.45) is 0 Å². The summed E-state index contributed by atoms with van der Waals surface area (Å²) in [6.45, 7) is 5.27. The maximum atomic E-state index is 13.1. The predicted molar refractivity (Wildman–Crippen MR) is 120 cm³/mol. The summed E-state index contributed by atoms with van der Waals surface area (Å²) in [5, 5.41) is 12.0. The minimum absolute atomic E-state index is 0.0512. The number of nitro benzene ring substituents is 1. The van der Waals surface area contributed by atoms with Crippen LogP contribution in [-0.4, -0.2) is 50.8 Å². The third-order valence-electron chi connectivity index (χ3n) is 5.54. The molecule has 10 heteroatoms. The number of amides is 1. The monoisotopic (exact) mass is 455 g/mol. The Morgan fingerprint density at radius 2 is 2.00 bits per heavy atom. The highest BCUT2D eigenvalue weighted by atomic mass is 32.1. The van der Waals surface area contributed by atoms with Crippen molar-refractivity contribution in [2.75, 3.05) is 24.5 Å². The first-order valence-electron chi connectivity index (χ1n) is 10.2. The van der Waals surface area contributed by atoms with Crippen LogP contribution in [0.25, 0.3) is 0 Å². The van der Waals surface area contributed by atoms with E-state index in [1.54, 1.807) is 36.1 Å². The number of nitro groups is 1. The average Bonchev–Trinajstić information content (AvgIpc) is 3.23. The summed E-state index contributed by atoms with van der Waals surface area (Å²) in [5.74, 6) is 0.187. The summed E-state index contributed by atoms with van der Waals surface area (Å²) in [6.07, 6.45) is 0.525. The van der Waals surface area contributed by atoms with Crippen molar-refractivity contribution in [2.45, 2.75) is 26.3 Å². The van der Waals surface area contributed by atoms with Gasteiger partial charge in [-0.1, -0.05) is 18.2 Å². The molecule has 166 valence electrons. The Balaban J connectivity index is 1.42. The Bertz CT molecular complexity index is 1150. The van der Waals surface area contributed by atoms with Gasteiger partial charge >= 0.3 is 0 Å². The van der Waals surface area contributed by atoms with Gasteiger partial charge in [0.15, 0.2) is 0 Å². The number of anilines is 1. The van der Waals surface area contributed by atoms with Crippen molar-refractivity contribution in [3.05, 3.63) is 80.9 Å². The molecule has 8 nitrogen and oxygen atoms in total. The first-order chi connectivity index (χ1) is 15.3. The van der Waals surface area contributed by atoms with Crippen LogP contribution in [-0.2, 0) is 6.42 Å². The number of halogens is 1. The van der Waals surface area contributed by atoms with Crippen LogP contribution in [0.4, 0.5) is 15.2 Å². The molecule has 1 fully saturated rings. The molecule has 1 aliphatic rings. The first kappa shape index (κ1) is 21.8. The van der Waals surface area contributed by atoms with E-state index in [4.69, 9.17) is 0 Å². The normalized spacial score (nSPS) is 16.3. The number of hydrogen-bond acceptors (Lipinski definition) is 7. The molecule has 2 heterocycles. The van der Waals surface area contributed by atoms with Crippen LogP contribution < -0.4 is 4.90 Å². The largest absolute Gasteiger partial charge is 0.343 e. The Morgan fingerprint density at radius 3 is 2.69 bits per heavy atom.